The summed E-state index contributed by atoms with van der Waals surface area (Å²) in [5, 5.41) is 17.1. The van der Waals surface area contributed by atoms with Gasteiger partial charge in [-0.3, -0.25) is 0 Å². The Labute approximate surface area is 117 Å². The summed E-state index contributed by atoms with van der Waals surface area (Å²) in [5.41, 5.74) is 1.25. The van der Waals surface area contributed by atoms with E-state index in [0.717, 1.165) is 10.8 Å². The molecule has 0 aromatic heterocycles. The van der Waals surface area contributed by atoms with Crippen LogP contribution in [0.25, 0.3) is 32.3 Å². The van der Waals surface area contributed by atoms with Gasteiger partial charge in [0.1, 0.15) is 5.75 Å². The highest BCUT2D eigenvalue weighted by molar-refractivity contribution is 6.19. The first-order chi connectivity index (χ1) is 9.75. The Bertz CT molecular complexity index is 967. The molecule has 0 aliphatic heterocycles. The fraction of sp³-hybridized carbons (Fsp3) is 0.0526. The van der Waals surface area contributed by atoms with Crippen LogP contribution < -0.4 is 0 Å². The third-order valence-electron chi connectivity index (χ3n) is 4.06. The topological polar surface area (TPSA) is 20.2 Å². The zero-order chi connectivity index (χ0) is 13.7. The third-order valence-corrected chi connectivity index (χ3v) is 4.06. The number of phenols is 1. The molecule has 0 fully saturated rings. The average molecular weight is 258 g/mol. The van der Waals surface area contributed by atoms with Gasteiger partial charge in [0.15, 0.2) is 0 Å². The molecule has 96 valence electrons. The number of benzene rings is 4. The zero-order valence-corrected chi connectivity index (χ0v) is 11.2. The van der Waals surface area contributed by atoms with Gasteiger partial charge in [0.2, 0.25) is 0 Å². The molecule has 0 spiro atoms. The van der Waals surface area contributed by atoms with E-state index in [-0.39, 0.29) is 0 Å². The van der Waals surface area contributed by atoms with Crippen LogP contribution in [0, 0.1) is 6.92 Å². The van der Waals surface area contributed by atoms with Crippen LogP contribution in [-0.4, -0.2) is 5.11 Å². The number of aromatic hydroxyl groups is 1. The van der Waals surface area contributed by atoms with Crippen LogP contribution in [0.1, 0.15) is 5.56 Å². The van der Waals surface area contributed by atoms with Crippen molar-refractivity contribution in [2.45, 2.75) is 6.92 Å². The van der Waals surface area contributed by atoms with Crippen molar-refractivity contribution in [2.75, 3.05) is 0 Å². The largest absolute Gasteiger partial charge is 0.507 e. The first-order valence-electron chi connectivity index (χ1n) is 6.78. The lowest BCUT2D eigenvalue weighted by Crippen LogP contribution is -1.85. The SMILES string of the molecule is Cc1cc2ccccc2c2ccc3c(O)cccc3c12. The monoisotopic (exact) mass is 258 g/mol. The molecule has 0 aliphatic rings. The minimum absolute atomic E-state index is 0.344. The highest BCUT2D eigenvalue weighted by Gasteiger charge is 2.09. The molecule has 0 aliphatic carbocycles. The first kappa shape index (κ1) is 11.3. The van der Waals surface area contributed by atoms with Crippen molar-refractivity contribution in [3.05, 3.63) is 66.2 Å². The summed E-state index contributed by atoms with van der Waals surface area (Å²) in [6.45, 7) is 2.14. The minimum Gasteiger partial charge on any atom is -0.507 e. The van der Waals surface area contributed by atoms with E-state index in [0.29, 0.717) is 5.75 Å². The smallest absolute Gasteiger partial charge is 0.123 e. The normalized spacial score (nSPS) is 11.4. The minimum atomic E-state index is 0.344. The molecule has 0 radical (unpaired) electrons. The van der Waals surface area contributed by atoms with Crippen molar-refractivity contribution in [2.24, 2.45) is 0 Å². The molecule has 0 bridgehead atoms. The molecule has 20 heavy (non-hydrogen) atoms. The van der Waals surface area contributed by atoms with E-state index >= 15 is 0 Å². The molecular formula is C19H14O. The average Bonchev–Trinajstić information content (AvgIpc) is 2.47. The van der Waals surface area contributed by atoms with Crippen molar-refractivity contribution in [3.8, 4) is 5.75 Å². The van der Waals surface area contributed by atoms with Crippen LogP contribution in [0.5, 0.6) is 5.75 Å². The van der Waals surface area contributed by atoms with Crippen LogP contribution in [0.15, 0.2) is 60.7 Å². The number of rotatable bonds is 0. The number of hydrogen-bond donors (Lipinski definition) is 1. The second-order valence-corrected chi connectivity index (χ2v) is 5.27. The Balaban J connectivity index is 2.34. The molecule has 0 saturated heterocycles. The molecule has 4 rings (SSSR count). The van der Waals surface area contributed by atoms with E-state index in [2.05, 4.69) is 49.4 Å². The Morgan fingerprint density at radius 1 is 0.700 bits per heavy atom. The summed E-state index contributed by atoms with van der Waals surface area (Å²) < 4.78 is 0. The predicted octanol–water partition coefficient (Wildman–Crippen LogP) is 5.16. The van der Waals surface area contributed by atoms with Gasteiger partial charge in [0.25, 0.3) is 0 Å². The van der Waals surface area contributed by atoms with E-state index in [9.17, 15) is 5.11 Å². The van der Waals surface area contributed by atoms with Gasteiger partial charge in [-0.1, -0.05) is 54.6 Å². The summed E-state index contributed by atoms with van der Waals surface area (Å²) in [5.74, 6) is 0.344. The zero-order valence-electron chi connectivity index (χ0n) is 11.2. The number of phenolic OH excluding ortho intramolecular Hbond substituents is 1. The lowest BCUT2D eigenvalue weighted by Gasteiger charge is -2.11. The Morgan fingerprint density at radius 2 is 1.40 bits per heavy atom. The second kappa shape index (κ2) is 3.97. The van der Waals surface area contributed by atoms with Crippen LogP contribution in [0.2, 0.25) is 0 Å². The van der Waals surface area contributed by atoms with Gasteiger partial charge in [0.05, 0.1) is 0 Å². The predicted molar refractivity (Wildman–Crippen MR) is 85.4 cm³/mol. The molecule has 0 atom stereocenters. The number of hydrogen-bond acceptors (Lipinski definition) is 1. The van der Waals surface area contributed by atoms with Crippen LogP contribution >= 0.6 is 0 Å². The van der Waals surface area contributed by atoms with Gasteiger partial charge in [0, 0.05) is 5.39 Å². The maximum Gasteiger partial charge on any atom is 0.123 e. The molecule has 4 aromatic rings. The van der Waals surface area contributed by atoms with Gasteiger partial charge in [-0.05, 0) is 45.5 Å². The highest BCUT2D eigenvalue weighted by Crippen LogP contribution is 2.36. The Kier molecular flexibility index (Phi) is 2.25. The van der Waals surface area contributed by atoms with E-state index in [4.69, 9.17) is 0 Å². The fourth-order valence-electron chi connectivity index (χ4n) is 3.16. The molecule has 0 unspecified atom stereocenters. The van der Waals surface area contributed by atoms with E-state index < -0.39 is 0 Å². The summed E-state index contributed by atoms with van der Waals surface area (Å²) in [6.07, 6.45) is 0. The van der Waals surface area contributed by atoms with E-state index in [1.54, 1.807) is 6.07 Å². The molecule has 1 nitrogen and oxygen atoms in total. The fourth-order valence-corrected chi connectivity index (χ4v) is 3.16. The maximum atomic E-state index is 10.0. The summed E-state index contributed by atoms with van der Waals surface area (Å²) in [7, 11) is 0. The van der Waals surface area contributed by atoms with Crippen LogP contribution in [0.3, 0.4) is 0 Å². The lowest BCUT2D eigenvalue weighted by atomic mass is 9.93. The quantitative estimate of drug-likeness (QED) is 0.432. The molecule has 0 amide bonds. The molecule has 1 N–H and O–H groups in total. The van der Waals surface area contributed by atoms with Crippen LogP contribution in [-0.2, 0) is 0 Å². The third kappa shape index (κ3) is 1.44. The van der Waals surface area contributed by atoms with Crippen molar-refractivity contribution in [3.63, 3.8) is 0 Å². The first-order valence-corrected chi connectivity index (χ1v) is 6.78. The van der Waals surface area contributed by atoms with E-state index in [1.807, 2.05) is 12.1 Å². The second-order valence-electron chi connectivity index (χ2n) is 5.27. The van der Waals surface area contributed by atoms with Gasteiger partial charge in [-0.25, -0.2) is 0 Å². The Morgan fingerprint density at radius 3 is 2.30 bits per heavy atom. The van der Waals surface area contributed by atoms with Gasteiger partial charge in [-0.2, -0.15) is 0 Å². The maximum absolute atomic E-state index is 10.0. The number of aryl methyl sites for hydroxylation is 1. The lowest BCUT2D eigenvalue weighted by molar-refractivity contribution is 0.481. The standard InChI is InChI=1S/C19H14O/c1-12-11-13-5-2-3-6-14(13)17-10-9-15-16(19(12)17)7-4-8-18(15)20/h2-11,20H,1H3. The summed E-state index contributed by atoms with van der Waals surface area (Å²) >= 11 is 0. The van der Waals surface area contributed by atoms with Crippen molar-refractivity contribution in [1.82, 2.24) is 0 Å². The molecule has 0 heterocycles. The van der Waals surface area contributed by atoms with Crippen LogP contribution in [0.4, 0.5) is 0 Å². The molecule has 1 heteroatoms. The van der Waals surface area contributed by atoms with Gasteiger partial charge in [-0.15, -0.1) is 0 Å². The molecule has 0 saturated carbocycles. The molecule has 4 aromatic carbocycles. The van der Waals surface area contributed by atoms with Crippen molar-refractivity contribution < 1.29 is 5.11 Å². The van der Waals surface area contributed by atoms with Gasteiger partial charge < -0.3 is 5.11 Å². The van der Waals surface area contributed by atoms with Crippen molar-refractivity contribution >= 4 is 32.3 Å². The summed E-state index contributed by atoms with van der Waals surface area (Å²) in [6, 6.07) is 20.5. The Hall–Kier alpha value is -2.54. The van der Waals surface area contributed by atoms with Gasteiger partial charge >= 0.3 is 0 Å². The van der Waals surface area contributed by atoms with Crippen molar-refractivity contribution in [1.29, 1.82) is 0 Å². The molecular weight excluding hydrogens is 244 g/mol. The number of fused-ring (bicyclic) bond motifs is 5. The summed E-state index contributed by atoms with van der Waals surface area (Å²) in [4.78, 5) is 0. The highest BCUT2D eigenvalue weighted by atomic mass is 16.3. The van der Waals surface area contributed by atoms with E-state index in [1.165, 1.54) is 27.1 Å².